The van der Waals surface area contributed by atoms with Crippen molar-refractivity contribution in [1.29, 1.82) is 0 Å². The number of aryl methyl sites for hydroxylation is 1. The van der Waals surface area contributed by atoms with Crippen LogP contribution in [0.15, 0.2) is 35.5 Å². The Morgan fingerprint density at radius 2 is 2.16 bits per heavy atom. The molecule has 3 aromatic heterocycles. The zero-order chi connectivity index (χ0) is 17.1. The van der Waals surface area contributed by atoms with Crippen LogP contribution in [0.3, 0.4) is 0 Å². The van der Waals surface area contributed by atoms with Gasteiger partial charge < -0.3 is 0 Å². The molecule has 0 radical (unpaired) electrons. The Hall–Kier alpha value is -2.67. The molecule has 0 unspecified atom stereocenters. The second-order valence-electron chi connectivity index (χ2n) is 6.54. The monoisotopic (exact) mass is 354 g/mol. The molecule has 25 heavy (non-hydrogen) atoms. The average molecular weight is 355 g/mol. The number of fused-ring (bicyclic) bond motifs is 3. The first kappa shape index (κ1) is 14.7. The van der Waals surface area contributed by atoms with Crippen LogP contribution < -0.4 is 5.56 Å². The first-order chi connectivity index (χ1) is 12.1. The van der Waals surface area contributed by atoms with Crippen LogP contribution in [0.4, 0.5) is 0 Å². The molecule has 0 amide bonds. The summed E-state index contributed by atoms with van der Waals surface area (Å²) in [5.74, 6) is 1.31. The number of benzene rings is 1. The summed E-state index contributed by atoms with van der Waals surface area (Å²) in [5, 5.41) is 9.18. The number of rotatable bonds is 3. The van der Waals surface area contributed by atoms with Gasteiger partial charge in [-0.05, 0) is 37.3 Å². The van der Waals surface area contributed by atoms with Crippen molar-refractivity contribution < 1.29 is 0 Å². The molecule has 4 aromatic rings. The van der Waals surface area contributed by atoms with Crippen molar-refractivity contribution >= 4 is 28.2 Å². The summed E-state index contributed by atoms with van der Waals surface area (Å²) in [6.07, 6.45) is 6.90. The lowest BCUT2D eigenvalue weighted by Crippen LogP contribution is -2.21. The van der Waals surface area contributed by atoms with Gasteiger partial charge in [-0.25, -0.2) is 4.98 Å². The van der Waals surface area contributed by atoms with Crippen molar-refractivity contribution in [3.8, 4) is 5.82 Å². The van der Waals surface area contributed by atoms with Crippen LogP contribution in [0.25, 0.3) is 22.4 Å². The third-order valence-electron chi connectivity index (χ3n) is 4.83. The van der Waals surface area contributed by atoms with Gasteiger partial charge in [-0.3, -0.25) is 13.8 Å². The maximum absolute atomic E-state index is 12.8. The number of hydrogen-bond donors (Lipinski definition) is 0. The van der Waals surface area contributed by atoms with Crippen LogP contribution in [-0.4, -0.2) is 28.9 Å². The standard InChI is InChI=1S/C17H15ClN6O/c1-22-16-15(24-11(8-20-21-24)7-10-5-6-10)19-9-23(16)13-4-2-3-12(18)14(13)17(22)25/h2-4,8-10H,5-7H2,1H3. The van der Waals surface area contributed by atoms with E-state index in [9.17, 15) is 4.79 Å². The van der Waals surface area contributed by atoms with E-state index in [-0.39, 0.29) is 5.56 Å². The number of hydrogen-bond acceptors (Lipinski definition) is 4. The summed E-state index contributed by atoms with van der Waals surface area (Å²) < 4.78 is 5.18. The number of nitrogens with zero attached hydrogens (tertiary/aromatic N) is 6. The van der Waals surface area contributed by atoms with Gasteiger partial charge in [0.25, 0.3) is 5.56 Å². The molecule has 1 saturated carbocycles. The SMILES string of the molecule is Cn1c(=O)c2c(Cl)cccc2n2cnc(-n3nncc3CC3CC3)c12. The molecule has 5 rings (SSSR count). The summed E-state index contributed by atoms with van der Waals surface area (Å²) in [6, 6.07) is 5.42. The van der Waals surface area contributed by atoms with E-state index in [4.69, 9.17) is 11.6 Å². The molecule has 0 atom stereocenters. The van der Waals surface area contributed by atoms with Crippen LogP contribution >= 0.6 is 11.6 Å². The van der Waals surface area contributed by atoms with E-state index in [0.29, 0.717) is 27.8 Å². The third-order valence-corrected chi connectivity index (χ3v) is 5.14. The molecule has 1 fully saturated rings. The van der Waals surface area contributed by atoms with Gasteiger partial charge in [-0.15, -0.1) is 5.10 Å². The van der Waals surface area contributed by atoms with E-state index < -0.39 is 0 Å². The minimum Gasteiger partial charge on any atom is -0.294 e. The Morgan fingerprint density at radius 3 is 2.96 bits per heavy atom. The van der Waals surface area contributed by atoms with E-state index in [1.807, 2.05) is 16.5 Å². The second kappa shape index (κ2) is 5.16. The Labute approximate surface area is 147 Å². The Bertz CT molecular complexity index is 1180. The van der Waals surface area contributed by atoms with E-state index in [2.05, 4.69) is 15.3 Å². The van der Waals surface area contributed by atoms with Gasteiger partial charge in [0.1, 0.15) is 6.33 Å². The summed E-state index contributed by atoms with van der Waals surface area (Å²) >= 11 is 6.26. The minimum atomic E-state index is -0.154. The van der Waals surface area contributed by atoms with Gasteiger partial charge in [0, 0.05) is 7.05 Å². The molecule has 8 heteroatoms. The summed E-state index contributed by atoms with van der Waals surface area (Å²) in [7, 11) is 1.73. The zero-order valence-corrected chi connectivity index (χ0v) is 14.3. The van der Waals surface area contributed by atoms with Crippen LogP contribution in [0.2, 0.25) is 5.02 Å². The van der Waals surface area contributed by atoms with Gasteiger partial charge in [0.2, 0.25) is 0 Å². The molecule has 0 spiro atoms. The fourth-order valence-corrected chi connectivity index (χ4v) is 3.60. The van der Waals surface area contributed by atoms with Crippen molar-refractivity contribution in [2.24, 2.45) is 13.0 Å². The van der Waals surface area contributed by atoms with Crippen LogP contribution in [-0.2, 0) is 13.5 Å². The van der Waals surface area contributed by atoms with Gasteiger partial charge >= 0.3 is 0 Å². The third kappa shape index (κ3) is 2.12. The van der Waals surface area contributed by atoms with E-state index in [1.165, 1.54) is 12.8 Å². The average Bonchev–Trinajstić information content (AvgIpc) is 3.12. The van der Waals surface area contributed by atoms with Crippen molar-refractivity contribution in [3.05, 3.63) is 51.8 Å². The second-order valence-corrected chi connectivity index (χ2v) is 6.95. The fraction of sp³-hybridized carbons (Fsp3) is 0.294. The van der Waals surface area contributed by atoms with Gasteiger partial charge in [0.05, 0.1) is 27.8 Å². The molecule has 0 saturated heterocycles. The highest BCUT2D eigenvalue weighted by Crippen LogP contribution is 2.33. The summed E-state index contributed by atoms with van der Waals surface area (Å²) in [6.45, 7) is 0. The highest BCUT2D eigenvalue weighted by molar-refractivity contribution is 6.35. The predicted octanol–water partition coefficient (Wildman–Crippen LogP) is 2.37. The molecule has 1 aliphatic rings. The molecule has 0 aliphatic heterocycles. The van der Waals surface area contributed by atoms with E-state index in [1.54, 1.807) is 34.9 Å². The minimum absolute atomic E-state index is 0.154. The van der Waals surface area contributed by atoms with Crippen molar-refractivity contribution in [2.75, 3.05) is 0 Å². The number of halogens is 1. The highest BCUT2D eigenvalue weighted by Gasteiger charge is 2.25. The molecular formula is C17H15ClN6O. The lowest BCUT2D eigenvalue weighted by molar-refractivity contribution is 0.708. The van der Waals surface area contributed by atoms with E-state index >= 15 is 0 Å². The normalized spacial score (nSPS) is 14.6. The van der Waals surface area contributed by atoms with Crippen molar-refractivity contribution in [1.82, 2.24) is 28.9 Å². The lowest BCUT2D eigenvalue weighted by atomic mass is 10.2. The van der Waals surface area contributed by atoms with Crippen LogP contribution in [0.1, 0.15) is 18.5 Å². The van der Waals surface area contributed by atoms with Crippen molar-refractivity contribution in [3.63, 3.8) is 0 Å². The molecule has 1 aromatic carbocycles. The Kier molecular flexibility index (Phi) is 3.03. The van der Waals surface area contributed by atoms with Crippen LogP contribution in [0, 0.1) is 5.92 Å². The van der Waals surface area contributed by atoms with Gasteiger partial charge in [-0.2, -0.15) is 4.68 Å². The Balaban J connectivity index is 1.83. The number of aromatic nitrogens is 6. The predicted molar refractivity (Wildman–Crippen MR) is 94.3 cm³/mol. The maximum atomic E-state index is 12.8. The fourth-order valence-electron chi connectivity index (χ4n) is 3.35. The molecule has 0 bridgehead atoms. The van der Waals surface area contributed by atoms with E-state index in [0.717, 1.165) is 17.6 Å². The van der Waals surface area contributed by atoms with Crippen LogP contribution in [0.5, 0.6) is 0 Å². The Morgan fingerprint density at radius 1 is 1.32 bits per heavy atom. The molecular weight excluding hydrogens is 340 g/mol. The topological polar surface area (TPSA) is 70.0 Å². The largest absolute Gasteiger partial charge is 0.294 e. The first-order valence-electron chi connectivity index (χ1n) is 8.19. The maximum Gasteiger partial charge on any atom is 0.262 e. The van der Waals surface area contributed by atoms with Gasteiger partial charge in [0.15, 0.2) is 11.5 Å². The van der Waals surface area contributed by atoms with Gasteiger partial charge in [-0.1, -0.05) is 22.9 Å². The summed E-state index contributed by atoms with van der Waals surface area (Å²) in [4.78, 5) is 17.4. The molecule has 7 nitrogen and oxygen atoms in total. The smallest absolute Gasteiger partial charge is 0.262 e. The number of imidazole rings is 1. The molecule has 126 valence electrons. The molecule has 0 N–H and O–H groups in total. The molecule has 1 aliphatic carbocycles. The molecule has 3 heterocycles. The quantitative estimate of drug-likeness (QED) is 0.566. The highest BCUT2D eigenvalue weighted by atomic mass is 35.5. The lowest BCUT2D eigenvalue weighted by Gasteiger charge is -2.10. The summed E-state index contributed by atoms with van der Waals surface area (Å²) in [5.41, 5.74) is 2.26. The first-order valence-corrected chi connectivity index (χ1v) is 8.57. The zero-order valence-electron chi connectivity index (χ0n) is 13.6. The van der Waals surface area contributed by atoms with Crippen molar-refractivity contribution in [2.45, 2.75) is 19.3 Å².